The van der Waals surface area contributed by atoms with Crippen LogP contribution in [0.4, 0.5) is 5.69 Å². The SMILES string of the molecule is Cc1cccc(C2/C(=C(/O)c3cccc(OCC(C)C)c3)C(=O)C(=O)N2c2ccc(CC(=O)OC(C)C)cc2)c1. The number of ether oxygens (including phenoxy) is 2. The van der Waals surface area contributed by atoms with Crippen LogP contribution in [-0.2, 0) is 25.5 Å². The van der Waals surface area contributed by atoms with E-state index >= 15 is 0 Å². The summed E-state index contributed by atoms with van der Waals surface area (Å²) in [5.41, 5.74) is 3.22. The fourth-order valence-corrected chi connectivity index (χ4v) is 4.65. The Bertz CT molecular complexity index is 1440. The highest BCUT2D eigenvalue weighted by molar-refractivity contribution is 6.51. The largest absolute Gasteiger partial charge is 0.507 e. The Kier molecular flexibility index (Phi) is 8.73. The van der Waals surface area contributed by atoms with Crippen molar-refractivity contribution in [2.75, 3.05) is 11.5 Å². The normalized spacial score (nSPS) is 16.6. The van der Waals surface area contributed by atoms with Crippen LogP contribution in [0.5, 0.6) is 5.75 Å². The summed E-state index contributed by atoms with van der Waals surface area (Å²) >= 11 is 0. The fourth-order valence-electron chi connectivity index (χ4n) is 4.65. The standard InChI is InChI=1S/C33H35NO6/c1-20(2)19-39-27-11-7-10-25(18-27)31(36)29-30(24-9-6-8-22(5)16-24)34(33(38)32(29)37)26-14-12-23(13-15-26)17-28(35)40-21(3)4/h6-16,18,20-21,30,36H,17,19H2,1-5H3/b31-29-. The minimum absolute atomic E-state index is 0.00111. The molecule has 0 radical (unpaired) electrons. The molecule has 4 rings (SSSR count). The fraction of sp³-hybridized carbons (Fsp3) is 0.303. The molecule has 0 saturated carbocycles. The van der Waals surface area contributed by atoms with Crippen molar-refractivity contribution in [1.82, 2.24) is 0 Å². The van der Waals surface area contributed by atoms with Gasteiger partial charge in [-0.15, -0.1) is 0 Å². The number of hydrogen-bond acceptors (Lipinski definition) is 6. The molecule has 1 aliphatic heterocycles. The molecule has 3 aromatic rings. The van der Waals surface area contributed by atoms with E-state index in [-0.39, 0.29) is 29.8 Å². The third-order valence-electron chi connectivity index (χ3n) is 6.42. The van der Waals surface area contributed by atoms with E-state index in [9.17, 15) is 19.5 Å². The van der Waals surface area contributed by atoms with Crippen molar-refractivity contribution < 1.29 is 29.0 Å². The highest BCUT2D eigenvalue weighted by atomic mass is 16.5. The molecule has 40 heavy (non-hydrogen) atoms. The van der Waals surface area contributed by atoms with Gasteiger partial charge in [0, 0.05) is 11.3 Å². The number of benzene rings is 3. The zero-order valence-electron chi connectivity index (χ0n) is 23.5. The number of carbonyl (C=O) groups excluding carboxylic acids is 3. The van der Waals surface area contributed by atoms with E-state index in [4.69, 9.17) is 9.47 Å². The number of anilines is 1. The van der Waals surface area contributed by atoms with E-state index < -0.39 is 17.7 Å². The zero-order valence-corrected chi connectivity index (χ0v) is 23.5. The Morgan fingerprint density at radius 2 is 1.65 bits per heavy atom. The number of aliphatic hydroxyl groups is 1. The van der Waals surface area contributed by atoms with E-state index in [2.05, 4.69) is 0 Å². The van der Waals surface area contributed by atoms with Crippen molar-refractivity contribution in [3.05, 3.63) is 101 Å². The van der Waals surface area contributed by atoms with E-state index in [1.54, 1.807) is 62.4 Å². The number of aryl methyl sites for hydroxylation is 1. The molecule has 1 saturated heterocycles. The van der Waals surface area contributed by atoms with Gasteiger partial charge in [-0.3, -0.25) is 19.3 Å². The molecule has 208 valence electrons. The number of amides is 1. The number of ketones is 1. The van der Waals surface area contributed by atoms with Gasteiger partial charge in [0.1, 0.15) is 11.5 Å². The van der Waals surface area contributed by atoms with Gasteiger partial charge in [0.15, 0.2) is 0 Å². The summed E-state index contributed by atoms with van der Waals surface area (Å²) in [6.45, 7) is 10.1. The van der Waals surface area contributed by atoms with Gasteiger partial charge in [-0.05, 0) is 62.1 Å². The second-order valence-electron chi connectivity index (χ2n) is 10.7. The first-order valence-corrected chi connectivity index (χ1v) is 13.4. The predicted octanol–water partition coefficient (Wildman–Crippen LogP) is 6.15. The lowest BCUT2D eigenvalue weighted by Crippen LogP contribution is -2.29. The molecule has 1 amide bonds. The second kappa shape index (κ2) is 12.2. The first-order valence-electron chi connectivity index (χ1n) is 13.4. The number of esters is 1. The number of aliphatic hydroxyl groups excluding tert-OH is 1. The highest BCUT2D eigenvalue weighted by Gasteiger charge is 2.47. The van der Waals surface area contributed by atoms with E-state index in [0.717, 1.165) is 11.1 Å². The van der Waals surface area contributed by atoms with Crippen LogP contribution in [0.25, 0.3) is 5.76 Å². The van der Waals surface area contributed by atoms with Crippen molar-refractivity contribution in [3.8, 4) is 5.75 Å². The summed E-state index contributed by atoms with van der Waals surface area (Å²) in [5.74, 6) is -1.26. The lowest BCUT2D eigenvalue weighted by Gasteiger charge is -2.26. The van der Waals surface area contributed by atoms with E-state index in [0.29, 0.717) is 35.1 Å². The first-order chi connectivity index (χ1) is 19.0. The minimum Gasteiger partial charge on any atom is -0.507 e. The Hall–Kier alpha value is -4.39. The van der Waals surface area contributed by atoms with Crippen LogP contribution in [-0.4, -0.2) is 35.5 Å². The summed E-state index contributed by atoms with van der Waals surface area (Å²) in [6.07, 6.45) is -0.121. The monoisotopic (exact) mass is 541 g/mol. The molecule has 0 bridgehead atoms. The van der Waals surface area contributed by atoms with E-state index in [1.807, 2.05) is 45.0 Å². The van der Waals surface area contributed by atoms with Gasteiger partial charge in [0.2, 0.25) is 0 Å². The Labute approximate surface area is 235 Å². The zero-order chi connectivity index (χ0) is 29.0. The lowest BCUT2D eigenvalue weighted by molar-refractivity contribution is -0.146. The predicted molar refractivity (Wildman–Crippen MR) is 154 cm³/mol. The molecular weight excluding hydrogens is 506 g/mol. The third kappa shape index (κ3) is 6.42. The quantitative estimate of drug-likeness (QED) is 0.151. The van der Waals surface area contributed by atoms with Gasteiger partial charge in [-0.2, -0.15) is 0 Å². The minimum atomic E-state index is -0.850. The van der Waals surface area contributed by atoms with Crippen LogP contribution in [0.15, 0.2) is 78.4 Å². The molecule has 0 spiro atoms. The molecule has 1 N–H and O–H groups in total. The van der Waals surface area contributed by atoms with Crippen molar-refractivity contribution in [1.29, 1.82) is 0 Å². The van der Waals surface area contributed by atoms with Gasteiger partial charge in [-0.1, -0.05) is 67.9 Å². The lowest BCUT2D eigenvalue weighted by atomic mass is 9.94. The number of rotatable bonds is 9. The Morgan fingerprint density at radius 1 is 0.950 bits per heavy atom. The van der Waals surface area contributed by atoms with Crippen molar-refractivity contribution in [3.63, 3.8) is 0 Å². The maximum Gasteiger partial charge on any atom is 0.310 e. The molecular formula is C33H35NO6. The maximum atomic E-state index is 13.5. The molecule has 0 aliphatic carbocycles. The average Bonchev–Trinajstić information content (AvgIpc) is 3.17. The molecule has 0 aromatic heterocycles. The highest BCUT2D eigenvalue weighted by Crippen LogP contribution is 2.42. The summed E-state index contributed by atoms with van der Waals surface area (Å²) in [5, 5.41) is 11.5. The van der Waals surface area contributed by atoms with Crippen LogP contribution in [0, 0.1) is 12.8 Å². The third-order valence-corrected chi connectivity index (χ3v) is 6.42. The van der Waals surface area contributed by atoms with Crippen LogP contribution in [0.1, 0.15) is 56.0 Å². The number of Topliss-reactive ketones (excluding diaryl/α,β-unsaturated/α-hetero) is 1. The number of carbonyl (C=O) groups is 3. The molecule has 7 nitrogen and oxygen atoms in total. The molecule has 7 heteroatoms. The van der Waals surface area contributed by atoms with Crippen LogP contribution < -0.4 is 9.64 Å². The van der Waals surface area contributed by atoms with Crippen molar-refractivity contribution >= 4 is 29.1 Å². The van der Waals surface area contributed by atoms with Crippen LogP contribution in [0.2, 0.25) is 0 Å². The summed E-state index contributed by atoms with van der Waals surface area (Å²) in [6, 6.07) is 20.4. The molecule has 1 unspecified atom stereocenters. The Morgan fingerprint density at radius 3 is 2.30 bits per heavy atom. The molecule has 1 aliphatic rings. The van der Waals surface area contributed by atoms with Gasteiger partial charge in [0.25, 0.3) is 11.7 Å². The van der Waals surface area contributed by atoms with Crippen molar-refractivity contribution in [2.45, 2.75) is 53.2 Å². The smallest absolute Gasteiger partial charge is 0.310 e. The summed E-state index contributed by atoms with van der Waals surface area (Å²) in [4.78, 5) is 40.5. The average molecular weight is 542 g/mol. The second-order valence-corrected chi connectivity index (χ2v) is 10.7. The summed E-state index contributed by atoms with van der Waals surface area (Å²) in [7, 11) is 0. The van der Waals surface area contributed by atoms with Gasteiger partial charge < -0.3 is 14.6 Å². The topological polar surface area (TPSA) is 93.1 Å². The number of nitrogens with zero attached hydrogens (tertiary/aromatic N) is 1. The van der Waals surface area contributed by atoms with Gasteiger partial charge in [-0.25, -0.2) is 0 Å². The number of hydrogen-bond donors (Lipinski definition) is 1. The summed E-state index contributed by atoms with van der Waals surface area (Å²) < 4.78 is 11.0. The van der Waals surface area contributed by atoms with E-state index in [1.165, 1.54) is 4.90 Å². The maximum absolute atomic E-state index is 13.5. The van der Waals surface area contributed by atoms with Gasteiger partial charge in [0.05, 0.1) is 30.7 Å². The first kappa shape index (κ1) is 28.6. The molecule has 3 aromatic carbocycles. The van der Waals surface area contributed by atoms with Crippen LogP contribution in [0.3, 0.4) is 0 Å². The van der Waals surface area contributed by atoms with Crippen molar-refractivity contribution in [2.24, 2.45) is 5.92 Å². The molecule has 1 heterocycles. The van der Waals surface area contributed by atoms with Crippen LogP contribution >= 0.6 is 0 Å². The Balaban J connectivity index is 1.76. The molecule has 1 atom stereocenters. The molecule has 1 fully saturated rings. The van der Waals surface area contributed by atoms with Gasteiger partial charge >= 0.3 is 5.97 Å².